The molecule has 2 N–H and O–H groups in total. The molecule has 4 heteroatoms. The first kappa shape index (κ1) is 11.0. The number of fused-ring (bicyclic) bond motifs is 1. The molecule has 2 aromatic carbocycles. The van der Waals surface area contributed by atoms with Gasteiger partial charge in [0.15, 0.2) is 11.6 Å². The zero-order chi connectivity index (χ0) is 12.7. The first-order chi connectivity index (χ1) is 8.63. The third-order valence-corrected chi connectivity index (χ3v) is 3.22. The molecule has 0 aromatic heterocycles. The second kappa shape index (κ2) is 3.98. The van der Waals surface area contributed by atoms with Crippen LogP contribution >= 0.6 is 0 Å². The molecule has 0 fully saturated rings. The summed E-state index contributed by atoms with van der Waals surface area (Å²) >= 11 is 0. The molecule has 92 valence electrons. The molecule has 0 aliphatic carbocycles. The molecule has 2 nitrogen and oxygen atoms in total. The first-order valence-corrected chi connectivity index (χ1v) is 5.71. The average molecular weight is 246 g/mol. The predicted molar refractivity (Wildman–Crippen MR) is 67.1 cm³/mol. The SMILES string of the molecule is Nc1ccc2c(c1)CN(c1ccc(F)c(F)c1)C2. The molecule has 3 rings (SSSR count). The van der Waals surface area contributed by atoms with E-state index in [0.717, 1.165) is 17.3 Å². The summed E-state index contributed by atoms with van der Waals surface area (Å²) in [6.07, 6.45) is 0. The van der Waals surface area contributed by atoms with Crippen LogP contribution in [0.1, 0.15) is 11.1 Å². The van der Waals surface area contributed by atoms with Crippen LogP contribution in [0, 0.1) is 11.6 Å². The molecule has 18 heavy (non-hydrogen) atoms. The highest BCUT2D eigenvalue weighted by Gasteiger charge is 2.20. The van der Waals surface area contributed by atoms with E-state index in [2.05, 4.69) is 0 Å². The van der Waals surface area contributed by atoms with Gasteiger partial charge in [0, 0.05) is 30.5 Å². The molecule has 0 radical (unpaired) electrons. The van der Waals surface area contributed by atoms with Crippen LogP contribution in [-0.2, 0) is 13.1 Å². The number of nitrogens with two attached hydrogens (primary N) is 1. The number of hydrogen-bond acceptors (Lipinski definition) is 2. The Kier molecular flexibility index (Phi) is 2.44. The van der Waals surface area contributed by atoms with Crippen molar-refractivity contribution in [3.8, 4) is 0 Å². The van der Waals surface area contributed by atoms with Crippen molar-refractivity contribution in [2.24, 2.45) is 0 Å². The van der Waals surface area contributed by atoms with E-state index in [1.54, 1.807) is 6.07 Å². The molecule has 1 heterocycles. The van der Waals surface area contributed by atoms with Gasteiger partial charge in [-0.1, -0.05) is 6.07 Å². The van der Waals surface area contributed by atoms with E-state index in [1.165, 1.54) is 11.6 Å². The van der Waals surface area contributed by atoms with Crippen LogP contribution in [0.4, 0.5) is 20.2 Å². The van der Waals surface area contributed by atoms with Gasteiger partial charge < -0.3 is 10.6 Å². The Balaban J connectivity index is 1.91. The van der Waals surface area contributed by atoms with Gasteiger partial charge in [-0.2, -0.15) is 0 Å². The summed E-state index contributed by atoms with van der Waals surface area (Å²) in [6.45, 7) is 1.37. The molecule has 0 bridgehead atoms. The fraction of sp³-hybridized carbons (Fsp3) is 0.143. The monoisotopic (exact) mass is 246 g/mol. The summed E-state index contributed by atoms with van der Waals surface area (Å²) in [5, 5.41) is 0. The van der Waals surface area contributed by atoms with Crippen LogP contribution < -0.4 is 10.6 Å². The molecule has 0 amide bonds. The van der Waals surface area contributed by atoms with Gasteiger partial charge in [-0.05, 0) is 35.4 Å². The maximum absolute atomic E-state index is 13.2. The molecular weight excluding hydrogens is 234 g/mol. The van der Waals surface area contributed by atoms with Crippen molar-refractivity contribution in [1.82, 2.24) is 0 Å². The molecule has 2 aromatic rings. The van der Waals surface area contributed by atoms with E-state index in [1.807, 2.05) is 23.1 Å². The Morgan fingerprint density at radius 2 is 1.67 bits per heavy atom. The van der Waals surface area contributed by atoms with E-state index >= 15 is 0 Å². The molecular formula is C14H12F2N2. The Morgan fingerprint density at radius 3 is 2.44 bits per heavy atom. The molecule has 1 aliphatic rings. The molecule has 0 saturated carbocycles. The lowest BCUT2D eigenvalue weighted by Gasteiger charge is -2.17. The van der Waals surface area contributed by atoms with E-state index in [-0.39, 0.29) is 0 Å². The molecule has 0 atom stereocenters. The summed E-state index contributed by atoms with van der Waals surface area (Å²) in [4.78, 5) is 1.99. The minimum absolute atomic E-state index is 0.672. The number of anilines is 2. The third-order valence-electron chi connectivity index (χ3n) is 3.22. The van der Waals surface area contributed by atoms with E-state index in [4.69, 9.17) is 5.73 Å². The quantitative estimate of drug-likeness (QED) is 0.783. The van der Waals surface area contributed by atoms with Gasteiger partial charge in [0.2, 0.25) is 0 Å². The summed E-state index contributed by atoms with van der Waals surface area (Å²) in [5.74, 6) is -1.64. The lowest BCUT2D eigenvalue weighted by Crippen LogP contribution is -2.14. The van der Waals surface area contributed by atoms with Crippen molar-refractivity contribution < 1.29 is 8.78 Å². The maximum atomic E-state index is 13.2. The summed E-state index contributed by atoms with van der Waals surface area (Å²) < 4.78 is 26.1. The van der Waals surface area contributed by atoms with Crippen molar-refractivity contribution in [1.29, 1.82) is 0 Å². The normalized spacial score (nSPS) is 13.8. The highest BCUT2D eigenvalue weighted by atomic mass is 19.2. The van der Waals surface area contributed by atoms with Crippen LogP contribution in [0.15, 0.2) is 36.4 Å². The van der Waals surface area contributed by atoms with E-state index in [9.17, 15) is 8.78 Å². The third kappa shape index (κ3) is 1.79. The number of rotatable bonds is 1. The number of hydrogen-bond donors (Lipinski definition) is 1. The zero-order valence-electron chi connectivity index (χ0n) is 9.66. The summed E-state index contributed by atoms with van der Waals surface area (Å²) in [5.41, 5.74) is 9.45. The Bertz CT molecular complexity index is 611. The van der Waals surface area contributed by atoms with Gasteiger partial charge in [0.05, 0.1) is 0 Å². The van der Waals surface area contributed by atoms with Crippen molar-refractivity contribution in [3.05, 3.63) is 59.2 Å². The second-order valence-corrected chi connectivity index (χ2v) is 4.48. The van der Waals surface area contributed by atoms with Crippen molar-refractivity contribution in [3.63, 3.8) is 0 Å². The van der Waals surface area contributed by atoms with Gasteiger partial charge in [-0.15, -0.1) is 0 Å². The van der Waals surface area contributed by atoms with Crippen LogP contribution in [0.3, 0.4) is 0 Å². The number of nitrogen functional groups attached to an aromatic ring is 1. The van der Waals surface area contributed by atoms with Crippen molar-refractivity contribution in [2.45, 2.75) is 13.1 Å². The predicted octanol–water partition coefficient (Wildman–Crippen LogP) is 3.07. The van der Waals surface area contributed by atoms with Gasteiger partial charge in [-0.25, -0.2) is 8.78 Å². The number of nitrogens with zero attached hydrogens (tertiary/aromatic N) is 1. The molecule has 0 unspecified atom stereocenters. The summed E-state index contributed by atoms with van der Waals surface area (Å²) in [6, 6.07) is 9.73. The Hall–Kier alpha value is -2.10. The first-order valence-electron chi connectivity index (χ1n) is 5.71. The standard InChI is InChI=1S/C14H12F2N2/c15-13-4-3-12(6-14(13)16)18-7-9-1-2-11(17)5-10(9)8-18/h1-6H,7-8,17H2. The van der Waals surface area contributed by atoms with E-state index < -0.39 is 11.6 Å². The highest BCUT2D eigenvalue weighted by Crippen LogP contribution is 2.30. The molecule has 1 aliphatic heterocycles. The summed E-state index contributed by atoms with van der Waals surface area (Å²) in [7, 11) is 0. The van der Waals surface area contributed by atoms with Gasteiger partial charge in [0.1, 0.15) is 0 Å². The van der Waals surface area contributed by atoms with Gasteiger partial charge in [0.25, 0.3) is 0 Å². The smallest absolute Gasteiger partial charge is 0.160 e. The minimum atomic E-state index is -0.820. The van der Waals surface area contributed by atoms with Crippen molar-refractivity contribution >= 4 is 11.4 Å². The lowest BCUT2D eigenvalue weighted by atomic mass is 10.1. The number of benzene rings is 2. The van der Waals surface area contributed by atoms with Gasteiger partial charge >= 0.3 is 0 Å². The maximum Gasteiger partial charge on any atom is 0.160 e. The van der Waals surface area contributed by atoms with Crippen LogP contribution in [0.2, 0.25) is 0 Å². The molecule has 0 spiro atoms. The Labute approximate surface area is 104 Å². The molecule has 0 saturated heterocycles. The van der Waals surface area contributed by atoms with Crippen LogP contribution in [0.5, 0.6) is 0 Å². The van der Waals surface area contributed by atoms with Crippen molar-refractivity contribution in [2.75, 3.05) is 10.6 Å². The van der Waals surface area contributed by atoms with Crippen LogP contribution in [0.25, 0.3) is 0 Å². The second-order valence-electron chi connectivity index (χ2n) is 4.48. The largest absolute Gasteiger partial charge is 0.399 e. The zero-order valence-corrected chi connectivity index (χ0v) is 9.66. The van der Waals surface area contributed by atoms with E-state index in [0.29, 0.717) is 18.8 Å². The minimum Gasteiger partial charge on any atom is -0.399 e. The topological polar surface area (TPSA) is 29.3 Å². The highest BCUT2D eigenvalue weighted by molar-refractivity contribution is 5.55. The Morgan fingerprint density at radius 1 is 0.889 bits per heavy atom. The van der Waals surface area contributed by atoms with Gasteiger partial charge in [-0.3, -0.25) is 0 Å². The lowest BCUT2D eigenvalue weighted by molar-refractivity contribution is 0.508. The average Bonchev–Trinajstić information content (AvgIpc) is 2.75. The fourth-order valence-electron chi connectivity index (χ4n) is 2.28. The fourth-order valence-corrected chi connectivity index (χ4v) is 2.28. The number of halogens is 2. The van der Waals surface area contributed by atoms with Crippen LogP contribution in [-0.4, -0.2) is 0 Å².